The lowest BCUT2D eigenvalue weighted by Crippen LogP contribution is -2.45. The maximum Gasteiger partial charge on any atom is 0.228 e. The molecule has 10 atom stereocenters. The average molecular weight is 458 g/mol. The number of amides is 1. The summed E-state index contributed by atoms with van der Waals surface area (Å²) >= 11 is 0. The number of Topliss-reactive ketones (excluding diaryl/α,β-unsaturated/α-hetero) is 1. The lowest BCUT2D eigenvalue weighted by molar-refractivity contribution is -0.134. The molecule has 1 aromatic carbocycles. The SMILES string of the molecule is C=C1NC(=O)[C@H]2Cc3ccc(cc3)O[C@H]3[C@@H]4CC[C@@H](C)C[C@H]4[C@@H]4C=C[C@H](/C=C\C)[C@H](C(=O)[C@H]12)[C@H]43. The number of nitrogens with one attached hydrogen (secondary N) is 1. The Balaban J connectivity index is 1.52. The molecule has 34 heavy (non-hydrogen) atoms. The second-order valence-corrected chi connectivity index (χ2v) is 11.3. The van der Waals surface area contributed by atoms with Crippen LogP contribution < -0.4 is 10.1 Å². The van der Waals surface area contributed by atoms with Crippen molar-refractivity contribution in [3.05, 3.63) is 66.4 Å². The Morgan fingerprint density at radius 1 is 1.09 bits per heavy atom. The summed E-state index contributed by atoms with van der Waals surface area (Å²) in [6, 6.07) is 8.22. The van der Waals surface area contributed by atoms with Gasteiger partial charge in [-0.2, -0.15) is 0 Å². The van der Waals surface area contributed by atoms with Gasteiger partial charge in [0, 0.05) is 23.5 Å². The first-order chi connectivity index (χ1) is 16.5. The molecule has 1 saturated heterocycles. The van der Waals surface area contributed by atoms with Crippen LogP contribution in [-0.4, -0.2) is 17.8 Å². The number of carbonyl (C=O) groups is 2. The van der Waals surface area contributed by atoms with E-state index in [4.69, 9.17) is 4.74 Å². The maximum atomic E-state index is 14.5. The monoisotopic (exact) mass is 457 g/mol. The molecule has 0 spiro atoms. The van der Waals surface area contributed by atoms with Crippen molar-refractivity contribution >= 4 is 11.7 Å². The number of benzene rings is 1. The van der Waals surface area contributed by atoms with Crippen molar-refractivity contribution in [2.45, 2.75) is 45.6 Å². The molecule has 3 aliphatic heterocycles. The Kier molecular flexibility index (Phi) is 5.31. The minimum atomic E-state index is -0.487. The van der Waals surface area contributed by atoms with Crippen LogP contribution in [-0.2, 0) is 16.0 Å². The molecule has 2 bridgehead atoms. The highest BCUT2D eigenvalue weighted by atomic mass is 16.5. The van der Waals surface area contributed by atoms with Gasteiger partial charge in [0.25, 0.3) is 0 Å². The van der Waals surface area contributed by atoms with Crippen molar-refractivity contribution in [3.8, 4) is 5.75 Å². The molecule has 3 fully saturated rings. The van der Waals surface area contributed by atoms with Crippen LogP contribution in [0.1, 0.15) is 38.7 Å². The number of fused-ring (bicyclic) bond motifs is 4. The second kappa shape index (κ2) is 8.25. The molecule has 7 rings (SSSR count). The van der Waals surface area contributed by atoms with Gasteiger partial charge in [-0.15, -0.1) is 0 Å². The van der Waals surface area contributed by atoms with Crippen molar-refractivity contribution in [1.29, 1.82) is 0 Å². The van der Waals surface area contributed by atoms with Crippen LogP contribution in [0.25, 0.3) is 0 Å². The smallest absolute Gasteiger partial charge is 0.228 e. The van der Waals surface area contributed by atoms with Gasteiger partial charge in [0.15, 0.2) is 0 Å². The zero-order valence-electron chi connectivity index (χ0n) is 20.2. The van der Waals surface area contributed by atoms with Crippen LogP contribution in [0.15, 0.2) is 60.8 Å². The van der Waals surface area contributed by atoms with Crippen molar-refractivity contribution in [3.63, 3.8) is 0 Å². The number of ether oxygens (including phenoxy) is 1. The highest BCUT2D eigenvalue weighted by Crippen LogP contribution is 2.58. The summed E-state index contributed by atoms with van der Waals surface area (Å²) in [6.45, 7) is 8.53. The molecular weight excluding hydrogens is 422 g/mol. The fourth-order valence-corrected chi connectivity index (χ4v) is 8.01. The molecule has 0 radical (unpaired) electrons. The van der Waals surface area contributed by atoms with Gasteiger partial charge in [-0.1, -0.05) is 56.4 Å². The van der Waals surface area contributed by atoms with Gasteiger partial charge in [-0.05, 0) is 67.6 Å². The van der Waals surface area contributed by atoms with Gasteiger partial charge in [0.2, 0.25) is 5.91 Å². The number of rotatable bonds is 1. The first-order valence-electron chi connectivity index (χ1n) is 13.1. The molecule has 3 heterocycles. The normalized spacial score (nSPS) is 42.9. The molecule has 178 valence electrons. The molecule has 0 aromatic heterocycles. The van der Waals surface area contributed by atoms with Crippen LogP contribution >= 0.6 is 0 Å². The van der Waals surface area contributed by atoms with E-state index in [2.05, 4.69) is 67.4 Å². The number of carbonyl (C=O) groups excluding carboxylic acids is 2. The van der Waals surface area contributed by atoms with Gasteiger partial charge >= 0.3 is 0 Å². The van der Waals surface area contributed by atoms with E-state index in [0.717, 1.165) is 17.7 Å². The summed E-state index contributed by atoms with van der Waals surface area (Å²) in [5.41, 5.74) is 1.62. The van der Waals surface area contributed by atoms with Crippen molar-refractivity contribution < 1.29 is 14.3 Å². The maximum absolute atomic E-state index is 14.5. The second-order valence-electron chi connectivity index (χ2n) is 11.3. The van der Waals surface area contributed by atoms with Gasteiger partial charge < -0.3 is 10.1 Å². The van der Waals surface area contributed by atoms with Crippen molar-refractivity contribution in [1.82, 2.24) is 5.32 Å². The van der Waals surface area contributed by atoms with E-state index in [1.54, 1.807) is 0 Å². The summed E-state index contributed by atoms with van der Waals surface area (Å²) in [5.74, 6) is 2.08. The summed E-state index contributed by atoms with van der Waals surface area (Å²) in [6.07, 6.45) is 13.0. The van der Waals surface area contributed by atoms with E-state index in [1.807, 2.05) is 6.92 Å². The molecule has 4 heteroatoms. The predicted octanol–water partition coefficient (Wildman–Crippen LogP) is 5.11. The molecule has 1 N–H and O–H groups in total. The first kappa shape index (κ1) is 21.9. The highest BCUT2D eigenvalue weighted by Gasteiger charge is 2.59. The van der Waals surface area contributed by atoms with Gasteiger partial charge in [-0.3, -0.25) is 9.59 Å². The van der Waals surface area contributed by atoms with Crippen LogP contribution in [0.3, 0.4) is 0 Å². The zero-order valence-corrected chi connectivity index (χ0v) is 20.2. The third-order valence-corrected chi connectivity index (χ3v) is 9.44. The average Bonchev–Trinajstić information content (AvgIpc) is 3.26. The van der Waals surface area contributed by atoms with Crippen LogP contribution in [0, 0.1) is 53.3 Å². The fraction of sp³-hybridized carbons (Fsp3) is 0.533. The molecular formula is C30H35NO3. The van der Waals surface area contributed by atoms with Crippen LogP contribution in [0.2, 0.25) is 0 Å². The first-order valence-corrected chi connectivity index (χ1v) is 13.1. The van der Waals surface area contributed by atoms with Gasteiger partial charge in [-0.25, -0.2) is 0 Å². The highest BCUT2D eigenvalue weighted by molar-refractivity contribution is 5.97. The van der Waals surface area contributed by atoms with Crippen LogP contribution in [0.5, 0.6) is 5.75 Å². The van der Waals surface area contributed by atoms with Crippen molar-refractivity contribution in [2.75, 3.05) is 0 Å². The molecule has 1 aromatic rings. The van der Waals surface area contributed by atoms with Crippen molar-refractivity contribution in [2.24, 2.45) is 53.3 Å². The zero-order chi connectivity index (χ0) is 23.6. The quantitative estimate of drug-likeness (QED) is 0.596. The molecule has 2 saturated carbocycles. The molecule has 0 unspecified atom stereocenters. The van der Waals surface area contributed by atoms with Crippen LogP contribution in [0.4, 0.5) is 0 Å². The van der Waals surface area contributed by atoms with Gasteiger partial charge in [0.05, 0.1) is 11.8 Å². The topological polar surface area (TPSA) is 55.4 Å². The van der Waals surface area contributed by atoms with E-state index in [-0.39, 0.29) is 35.5 Å². The van der Waals surface area contributed by atoms with E-state index >= 15 is 0 Å². The minimum absolute atomic E-state index is 0.0104. The molecule has 1 amide bonds. The minimum Gasteiger partial charge on any atom is -0.490 e. The third-order valence-electron chi connectivity index (χ3n) is 9.44. The molecule has 3 aliphatic carbocycles. The lowest BCUT2D eigenvalue weighted by atomic mass is 9.64. The fourth-order valence-electron chi connectivity index (χ4n) is 8.01. The lowest BCUT2D eigenvalue weighted by Gasteiger charge is -2.40. The Bertz CT molecular complexity index is 1070. The van der Waals surface area contributed by atoms with E-state index in [9.17, 15) is 9.59 Å². The van der Waals surface area contributed by atoms with E-state index in [1.165, 1.54) is 12.8 Å². The number of allylic oxidation sites excluding steroid dienone is 5. The predicted molar refractivity (Wildman–Crippen MR) is 132 cm³/mol. The van der Waals surface area contributed by atoms with Gasteiger partial charge in [0.1, 0.15) is 17.6 Å². The molecule has 4 nitrogen and oxygen atoms in total. The third kappa shape index (κ3) is 3.32. The number of ketones is 1. The Labute approximate surface area is 202 Å². The number of hydrogen-bond donors (Lipinski definition) is 1. The molecule has 6 aliphatic rings. The standard InChI is InChI=1S/C30H35NO3/c1-4-5-19-9-13-21-23-14-16(2)6-12-22(23)29-27(21)26(19)28(32)25-17(3)31-30(33)24(25)15-18-7-10-20(34-29)11-8-18/h4-5,7-11,13,16,19,21-27,29H,3,6,12,14-15H2,1-2H3,(H,31,33)/b5-4-/t16-,19+,21+,22-,23+,24+,25-,26+,27+,29+/m1/s1. The Morgan fingerprint density at radius 2 is 1.88 bits per heavy atom. The largest absolute Gasteiger partial charge is 0.490 e. The van der Waals surface area contributed by atoms with E-state index in [0.29, 0.717) is 35.8 Å². The Morgan fingerprint density at radius 3 is 2.65 bits per heavy atom. The summed E-state index contributed by atoms with van der Waals surface area (Å²) < 4.78 is 6.82. The summed E-state index contributed by atoms with van der Waals surface area (Å²) in [5, 5.41) is 2.92. The van der Waals surface area contributed by atoms with E-state index < -0.39 is 11.8 Å². The number of hydrogen-bond acceptors (Lipinski definition) is 3. The Hall–Kier alpha value is -2.62. The summed E-state index contributed by atoms with van der Waals surface area (Å²) in [7, 11) is 0. The summed E-state index contributed by atoms with van der Waals surface area (Å²) in [4.78, 5) is 27.4.